The largest absolute Gasteiger partial charge is 0.481 e. The Bertz CT molecular complexity index is 1370. The molecule has 2 aliphatic rings. The Morgan fingerprint density at radius 1 is 1.00 bits per heavy atom. The van der Waals surface area contributed by atoms with E-state index in [9.17, 15) is 9.90 Å². The number of hydrogen-bond acceptors (Lipinski definition) is 7. The minimum Gasteiger partial charge on any atom is -0.481 e. The quantitative estimate of drug-likeness (QED) is 0.210. The Morgan fingerprint density at radius 2 is 1.54 bits per heavy atom. The van der Waals surface area contributed by atoms with Crippen molar-refractivity contribution < 1.29 is 14.4 Å². The number of rotatable bonds is 9. The third-order valence-corrected chi connectivity index (χ3v) is 7.97. The van der Waals surface area contributed by atoms with Crippen LogP contribution in [0.2, 0.25) is 5.02 Å². The molecule has 5 N–H and O–H groups in total. The average Bonchev–Trinajstić information content (AvgIpc) is 3.60. The monoisotopic (exact) mass is 653 g/mol. The lowest BCUT2D eigenvalue weighted by molar-refractivity contribution is -0.153. The van der Waals surface area contributed by atoms with Crippen molar-refractivity contribution in [3.63, 3.8) is 0 Å². The van der Waals surface area contributed by atoms with Crippen LogP contribution in [0.15, 0.2) is 47.0 Å². The lowest BCUT2D eigenvalue weighted by atomic mass is 9.74. The fourth-order valence-electron chi connectivity index (χ4n) is 5.28. The van der Waals surface area contributed by atoms with Crippen LogP contribution in [0.4, 0.5) is 0 Å². The van der Waals surface area contributed by atoms with Gasteiger partial charge in [0.05, 0.1) is 5.41 Å². The van der Waals surface area contributed by atoms with Gasteiger partial charge in [-0.3, -0.25) is 9.69 Å². The van der Waals surface area contributed by atoms with Crippen LogP contribution < -0.4 is 11.5 Å². The molecule has 1 aliphatic heterocycles. The first-order valence-electron chi connectivity index (χ1n) is 16.6. The van der Waals surface area contributed by atoms with Gasteiger partial charge in [-0.05, 0) is 115 Å². The predicted molar refractivity (Wildman–Crippen MR) is 189 cm³/mol. The zero-order valence-electron chi connectivity index (χ0n) is 29.2. The maximum Gasteiger partial charge on any atom is 0.309 e. The summed E-state index contributed by atoms with van der Waals surface area (Å²) in [5.41, 5.74) is 14.2. The Hall–Kier alpha value is -2.78. The van der Waals surface area contributed by atoms with E-state index in [0.717, 1.165) is 67.0 Å². The number of carboxylic acid groups (broad SMARTS) is 1. The number of nitrogens with zero attached hydrogens (tertiary/aromatic N) is 3. The molecule has 1 aliphatic carbocycles. The van der Waals surface area contributed by atoms with Gasteiger partial charge >= 0.3 is 5.97 Å². The topological polar surface area (TPSA) is 132 Å². The molecule has 3 aromatic rings. The Balaban J connectivity index is 0.000000503. The lowest BCUT2D eigenvalue weighted by Crippen LogP contribution is -2.44. The molecule has 0 amide bonds. The number of nitrogens with two attached hydrogens (primary N) is 2. The van der Waals surface area contributed by atoms with E-state index in [1.807, 2.05) is 71.9 Å². The van der Waals surface area contributed by atoms with Gasteiger partial charge in [-0.15, -0.1) is 0 Å². The van der Waals surface area contributed by atoms with Crippen molar-refractivity contribution in [2.24, 2.45) is 28.7 Å². The third kappa shape index (κ3) is 13.1. The Kier molecular flexibility index (Phi) is 13.0. The van der Waals surface area contributed by atoms with Gasteiger partial charge in [0.15, 0.2) is 0 Å². The van der Waals surface area contributed by atoms with Crippen molar-refractivity contribution in [1.29, 1.82) is 0 Å². The van der Waals surface area contributed by atoms with Crippen LogP contribution in [0.5, 0.6) is 0 Å². The van der Waals surface area contributed by atoms with Crippen molar-refractivity contribution >= 4 is 17.6 Å². The molecule has 0 spiro atoms. The summed E-state index contributed by atoms with van der Waals surface area (Å²) >= 11 is 6.48. The van der Waals surface area contributed by atoms with Crippen molar-refractivity contribution in [2.75, 3.05) is 13.1 Å². The van der Waals surface area contributed by atoms with Crippen LogP contribution in [-0.2, 0) is 17.8 Å². The summed E-state index contributed by atoms with van der Waals surface area (Å²) in [7, 11) is 0. The van der Waals surface area contributed by atoms with E-state index < -0.39 is 11.4 Å². The standard InChI is InChI=1S/C29H34ClN3O3.2C4H11N/c1-19(2)15-23-9-10-24(16-25(23)30)27-31-26(32-36-27)22-7-5-21(6-8-22)18-33-13-11-29(12-14-33,28(34)35)17-20-3-4-20;2*1-4(2,3)5/h5-10,16,19-20H,3-4,11-15,17-18H2,1-2H3,(H,34,35);2*5H2,1-3H3. The highest BCUT2D eigenvalue weighted by molar-refractivity contribution is 6.31. The smallest absolute Gasteiger partial charge is 0.309 e. The van der Waals surface area contributed by atoms with Gasteiger partial charge in [-0.1, -0.05) is 73.8 Å². The van der Waals surface area contributed by atoms with Crippen LogP contribution in [0.3, 0.4) is 0 Å². The van der Waals surface area contributed by atoms with Gasteiger partial charge in [0.1, 0.15) is 0 Å². The van der Waals surface area contributed by atoms with Gasteiger partial charge in [0.25, 0.3) is 5.89 Å². The number of halogens is 1. The molecule has 254 valence electrons. The normalized spacial score (nSPS) is 16.7. The number of aromatic nitrogens is 2. The summed E-state index contributed by atoms with van der Waals surface area (Å²) in [4.78, 5) is 18.9. The molecule has 9 heteroatoms. The number of carbonyl (C=O) groups is 1. The van der Waals surface area contributed by atoms with Crippen LogP contribution in [0, 0.1) is 17.3 Å². The van der Waals surface area contributed by atoms with Crippen molar-refractivity contribution in [3.8, 4) is 22.8 Å². The second-order valence-corrected chi connectivity index (χ2v) is 16.2. The molecule has 1 saturated carbocycles. The van der Waals surface area contributed by atoms with Crippen LogP contribution >= 0.6 is 11.6 Å². The number of carboxylic acids is 1. The van der Waals surface area contributed by atoms with Gasteiger partial charge < -0.3 is 21.1 Å². The molecule has 2 fully saturated rings. The Morgan fingerprint density at radius 3 is 2.02 bits per heavy atom. The molecule has 2 heterocycles. The highest BCUT2D eigenvalue weighted by Gasteiger charge is 2.45. The summed E-state index contributed by atoms with van der Waals surface area (Å²) in [6.45, 7) is 18.6. The number of benzene rings is 2. The number of hydrogen-bond donors (Lipinski definition) is 3. The SMILES string of the molecule is CC(C)(C)N.CC(C)(C)N.CC(C)Cc1ccc(-c2nc(-c3ccc(CN4CCC(CC5CC5)(C(=O)O)CC4)cc3)no2)cc1Cl. The third-order valence-electron chi connectivity index (χ3n) is 7.62. The number of piperidine rings is 1. The van der Waals surface area contributed by atoms with E-state index in [2.05, 4.69) is 41.0 Å². The van der Waals surface area contributed by atoms with E-state index in [1.165, 1.54) is 18.4 Å². The summed E-state index contributed by atoms with van der Waals surface area (Å²) in [5, 5.41) is 14.8. The second-order valence-electron chi connectivity index (χ2n) is 15.8. The summed E-state index contributed by atoms with van der Waals surface area (Å²) in [6, 6.07) is 14.1. The van der Waals surface area contributed by atoms with Gasteiger partial charge in [-0.25, -0.2) is 0 Å². The molecule has 0 atom stereocenters. The molecule has 8 nitrogen and oxygen atoms in total. The summed E-state index contributed by atoms with van der Waals surface area (Å²) < 4.78 is 5.53. The minimum atomic E-state index is -0.605. The molecule has 0 bridgehead atoms. The van der Waals surface area contributed by atoms with Gasteiger partial charge in [0, 0.05) is 33.8 Å². The summed E-state index contributed by atoms with van der Waals surface area (Å²) in [6.07, 6.45) is 5.66. The summed E-state index contributed by atoms with van der Waals surface area (Å²) in [5.74, 6) is 1.56. The molecule has 1 saturated heterocycles. The maximum atomic E-state index is 12.0. The second kappa shape index (κ2) is 15.9. The van der Waals surface area contributed by atoms with Gasteiger partial charge in [-0.2, -0.15) is 4.98 Å². The molecule has 0 radical (unpaired) electrons. The van der Waals surface area contributed by atoms with E-state index in [0.29, 0.717) is 23.6 Å². The minimum absolute atomic E-state index is 0. The first kappa shape index (κ1) is 37.7. The highest BCUT2D eigenvalue weighted by Crippen LogP contribution is 2.46. The Labute approximate surface area is 281 Å². The van der Waals surface area contributed by atoms with E-state index in [1.54, 1.807) is 0 Å². The van der Waals surface area contributed by atoms with Crippen molar-refractivity contribution in [2.45, 2.75) is 112 Å². The van der Waals surface area contributed by atoms with Gasteiger partial charge in [0.2, 0.25) is 5.82 Å². The number of aliphatic carboxylic acids is 1. The maximum absolute atomic E-state index is 12.0. The van der Waals surface area contributed by atoms with Crippen molar-refractivity contribution in [1.82, 2.24) is 15.0 Å². The van der Waals surface area contributed by atoms with Crippen molar-refractivity contribution in [3.05, 3.63) is 58.6 Å². The highest BCUT2D eigenvalue weighted by atomic mass is 35.5. The molecular weight excluding hydrogens is 598 g/mol. The first-order chi connectivity index (χ1) is 21.3. The van der Waals surface area contributed by atoms with Crippen LogP contribution in [0.25, 0.3) is 22.8 Å². The van der Waals surface area contributed by atoms with E-state index >= 15 is 0 Å². The van der Waals surface area contributed by atoms with Crippen LogP contribution in [0.1, 0.15) is 98.6 Å². The molecule has 46 heavy (non-hydrogen) atoms. The van der Waals surface area contributed by atoms with E-state index in [-0.39, 0.29) is 11.1 Å². The fraction of sp³-hybridized carbons (Fsp3) is 0.595. The zero-order chi connectivity index (χ0) is 34.3. The molecule has 2 aromatic carbocycles. The molecule has 5 rings (SSSR count). The first-order valence-corrected chi connectivity index (χ1v) is 16.9. The molecular formula is C37H56ClN5O3. The number of likely N-dealkylation sites (tertiary alicyclic amines) is 1. The lowest BCUT2D eigenvalue weighted by Gasteiger charge is -2.39. The predicted octanol–water partition coefficient (Wildman–Crippen LogP) is 8.21. The average molecular weight is 654 g/mol. The molecule has 0 unspecified atom stereocenters. The van der Waals surface area contributed by atoms with E-state index in [4.69, 9.17) is 27.6 Å². The molecule has 1 aromatic heterocycles. The van der Waals surface area contributed by atoms with Crippen LogP contribution in [-0.4, -0.2) is 50.3 Å². The zero-order valence-corrected chi connectivity index (χ0v) is 30.0. The fourth-order valence-corrected chi connectivity index (χ4v) is 5.54.